The summed E-state index contributed by atoms with van der Waals surface area (Å²) < 4.78 is 25.6. The van der Waals surface area contributed by atoms with Crippen LogP contribution in [0.15, 0.2) is 54.6 Å². The predicted octanol–water partition coefficient (Wildman–Crippen LogP) is 4.11. The molecule has 0 spiro atoms. The van der Waals surface area contributed by atoms with E-state index >= 15 is 0 Å². The Balaban J connectivity index is 1.24. The van der Waals surface area contributed by atoms with Crippen molar-refractivity contribution in [3.05, 3.63) is 65.4 Å². The average molecular weight is 414 g/mol. The molecule has 1 aromatic heterocycles. The monoisotopic (exact) mass is 413 g/mol. The highest BCUT2D eigenvalue weighted by Gasteiger charge is 2.38. The van der Waals surface area contributed by atoms with E-state index in [9.17, 15) is 4.39 Å². The maximum Gasteiger partial charge on any atom is 0.129 e. The van der Waals surface area contributed by atoms with E-state index in [1.165, 1.54) is 12.1 Å². The zero-order chi connectivity index (χ0) is 19.8. The third-order valence-corrected chi connectivity index (χ3v) is 5.63. The fraction of sp³-hybridized carbons (Fsp3) is 0.318. The van der Waals surface area contributed by atoms with Gasteiger partial charge in [0.25, 0.3) is 0 Å². The topological polar surface area (TPSA) is 46.6 Å². The normalized spacial score (nSPS) is 22.5. The molecule has 0 amide bonds. The molecule has 1 N–H and O–H groups in total. The van der Waals surface area contributed by atoms with Gasteiger partial charge in [0.05, 0.1) is 24.8 Å². The Morgan fingerprint density at radius 3 is 2.55 bits per heavy atom. The summed E-state index contributed by atoms with van der Waals surface area (Å²) in [5.41, 5.74) is 1.65. The number of hydrogen-bond acceptors (Lipinski definition) is 5. The lowest BCUT2D eigenvalue weighted by molar-refractivity contribution is -0.00461. The van der Waals surface area contributed by atoms with E-state index in [-0.39, 0.29) is 24.1 Å². The van der Waals surface area contributed by atoms with Crippen molar-refractivity contribution in [3.63, 3.8) is 0 Å². The van der Waals surface area contributed by atoms with E-state index in [2.05, 4.69) is 10.2 Å². The summed E-state index contributed by atoms with van der Waals surface area (Å²) in [7, 11) is 0. The molecular weight excluding hydrogens is 393 g/mol. The standard InChI is InChI=1S/C22H21ClFN3O2/c23-15-5-6-19-14(8-15)4-7-22(26-19)27-10-20-21(11-27)29-13-18(12-28-20)25-17-3-1-2-16(24)9-17/h1-9,18,20-21,25H,10-13H2/t20-,21-/m0/s1. The molecule has 3 heterocycles. The van der Waals surface area contributed by atoms with Crippen molar-refractivity contribution >= 4 is 34.0 Å². The van der Waals surface area contributed by atoms with Crippen LogP contribution < -0.4 is 10.2 Å². The maximum absolute atomic E-state index is 13.4. The van der Waals surface area contributed by atoms with Crippen LogP contribution in [0.25, 0.3) is 10.9 Å². The van der Waals surface area contributed by atoms with Crippen molar-refractivity contribution in [2.45, 2.75) is 18.2 Å². The summed E-state index contributed by atoms with van der Waals surface area (Å²) in [6.45, 7) is 2.47. The number of nitrogens with one attached hydrogen (secondary N) is 1. The van der Waals surface area contributed by atoms with Gasteiger partial charge in [-0.1, -0.05) is 17.7 Å². The smallest absolute Gasteiger partial charge is 0.129 e. The Morgan fingerprint density at radius 1 is 1.00 bits per heavy atom. The van der Waals surface area contributed by atoms with E-state index in [1.807, 2.05) is 36.4 Å². The molecule has 150 valence electrons. The van der Waals surface area contributed by atoms with Gasteiger partial charge in [0.15, 0.2) is 0 Å². The first kappa shape index (κ1) is 18.6. The lowest BCUT2D eigenvalue weighted by atomic mass is 10.2. The second-order valence-corrected chi connectivity index (χ2v) is 7.94. The number of rotatable bonds is 3. The number of fused-ring (bicyclic) bond motifs is 2. The van der Waals surface area contributed by atoms with E-state index in [4.69, 9.17) is 26.1 Å². The van der Waals surface area contributed by atoms with Crippen molar-refractivity contribution in [2.75, 3.05) is 36.5 Å². The van der Waals surface area contributed by atoms with Crippen LogP contribution >= 0.6 is 11.6 Å². The van der Waals surface area contributed by atoms with Gasteiger partial charge in [0.1, 0.15) is 23.8 Å². The number of anilines is 2. The summed E-state index contributed by atoms with van der Waals surface area (Å²) in [6, 6.07) is 16.2. The fourth-order valence-corrected chi connectivity index (χ4v) is 4.12. The molecule has 0 saturated carbocycles. The minimum atomic E-state index is -0.261. The van der Waals surface area contributed by atoms with Crippen LogP contribution in [0, 0.1) is 5.82 Å². The van der Waals surface area contributed by atoms with Crippen LogP contribution in [0.3, 0.4) is 0 Å². The van der Waals surface area contributed by atoms with Gasteiger partial charge in [-0.05, 0) is 48.5 Å². The Bertz CT molecular complexity index is 1020. The van der Waals surface area contributed by atoms with E-state index in [0.717, 1.165) is 35.5 Å². The van der Waals surface area contributed by atoms with E-state index in [0.29, 0.717) is 18.2 Å². The van der Waals surface area contributed by atoms with Crippen LogP contribution in [0.2, 0.25) is 5.02 Å². The zero-order valence-corrected chi connectivity index (χ0v) is 16.5. The van der Waals surface area contributed by atoms with Crippen LogP contribution in [0.4, 0.5) is 15.9 Å². The van der Waals surface area contributed by atoms with E-state index in [1.54, 1.807) is 6.07 Å². The summed E-state index contributed by atoms with van der Waals surface area (Å²) in [5, 5.41) is 5.02. The highest BCUT2D eigenvalue weighted by Crippen LogP contribution is 2.27. The van der Waals surface area contributed by atoms with Crippen LogP contribution in [-0.2, 0) is 9.47 Å². The Labute approximate surface area is 173 Å². The van der Waals surface area contributed by atoms with Crippen LogP contribution in [0.1, 0.15) is 0 Å². The second kappa shape index (κ2) is 7.78. The molecule has 0 unspecified atom stereocenters. The third kappa shape index (κ3) is 4.01. The molecule has 2 aromatic carbocycles. The van der Waals surface area contributed by atoms with Crippen molar-refractivity contribution in [3.8, 4) is 0 Å². The molecule has 2 atom stereocenters. The van der Waals surface area contributed by atoms with Crippen molar-refractivity contribution in [2.24, 2.45) is 0 Å². The van der Waals surface area contributed by atoms with Gasteiger partial charge in [0.2, 0.25) is 0 Å². The molecule has 29 heavy (non-hydrogen) atoms. The Morgan fingerprint density at radius 2 is 1.79 bits per heavy atom. The molecule has 2 aliphatic heterocycles. The quantitative estimate of drug-likeness (QED) is 0.700. The summed E-state index contributed by atoms with van der Waals surface area (Å²) in [5.74, 6) is 0.651. The van der Waals surface area contributed by atoms with E-state index < -0.39 is 0 Å². The van der Waals surface area contributed by atoms with Gasteiger partial charge >= 0.3 is 0 Å². The summed E-state index contributed by atoms with van der Waals surface area (Å²) in [4.78, 5) is 6.97. The number of benzene rings is 2. The lowest BCUT2D eigenvalue weighted by Crippen LogP contribution is -2.31. The summed E-state index contributed by atoms with van der Waals surface area (Å²) >= 11 is 6.06. The third-order valence-electron chi connectivity index (χ3n) is 5.39. The molecule has 2 fully saturated rings. The minimum Gasteiger partial charge on any atom is -0.378 e. The molecule has 7 heteroatoms. The molecule has 0 bridgehead atoms. The average Bonchev–Trinajstić information content (AvgIpc) is 3.04. The highest BCUT2D eigenvalue weighted by molar-refractivity contribution is 6.31. The van der Waals surface area contributed by atoms with Crippen LogP contribution in [0.5, 0.6) is 0 Å². The zero-order valence-electron chi connectivity index (χ0n) is 15.7. The molecule has 0 aliphatic carbocycles. The minimum absolute atomic E-state index is 0.0145. The molecule has 3 aromatic rings. The number of aromatic nitrogens is 1. The van der Waals surface area contributed by atoms with Gasteiger partial charge < -0.3 is 19.7 Å². The first-order valence-electron chi connectivity index (χ1n) is 9.71. The van der Waals surface area contributed by atoms with Crippen molar-refractivity contribution in [1.82, 2.24) is 4.98 Å². The molecule has 0 radical (unpaired) electrons. The summed E-state index contributed by atoms with van der Waals surface area (Å²) in [6.07, 6.45) is -0.0333. The predicted molar refractivity (Wildman–Crippen MR) is 112 cm³/mol. The van der Waals surface area contributed by atoms with Gasteiger partial charge in [-0.3, -0.25) is 0 Å². The number of pyridine rings is 1. The number of hydrogen-bond donors (Lipinski definition) is 1. The number of ether oxygens (including phenoxy) is 2. The molecular formula is C22H21ClFN3O2. The molecule has 5 nitrogen and oxygen atoms in total. The highest BCUT2D eigenvalue weighted by atomic mass is 35.5. The Hall–Kier alpha value is -2.41. The van der Waals surface area contributed by atoms with Gasteiger partial charge in [0, 0.05) is 29.2 Å². The first-order chi connectivity index (χ1) is 14.1. The fourth-order valence-electron chi connectivity index (χ4n) is 3.94. The molecule has 2 aliphatic rings. The van der Waals surface area contributed by atoms with Gasteiger partial charge in [-0.2, -0.15) is 0 Å². The van der Waals surface area contributed by atoms with Crippen molar-refractivity contribution < 1.29 is 13.9 Å². The molecule has 5 rings (SSSR count). The number of nitrogens with zero attached hydrogens (tertiary/aromatic N) is 2. The Kier molecular flexibility index (Phi) is 4.99. The van der Waals surface area contributed by atoms with Gasteiger partial charge in [-0.15, -0.1) is 0 Å². The second-order valence-electron chi connectivity index (χ2n) is 7.51. The lowest BCUT2D eigenvalue weighted by Gasteiger charge is -2.21. The maximum atomic E-state index is 13.4. The molecule has 2 saturated heterocycles. The number of halogens is 2. The first-order valence-corrected chi connectivity index (χ1v) is 10.1. The van der Waals surface area contributed by atoms with Crippen molar-refractivity contribution in [1.29, 1.82) is 0 Å². The van der Waals surface area contributed by atoms with Crippen LogP contribution in [-0.4, -0.2) is 49.5 Å². The van der Waals surface area contributed by atoms with Gasteiger partial charge in [-0.25, -0.2) is 9.37 Å². The SMILES string of the molecule is Fc1cccc(NC2CO[C@H]3CN(c4ccc5cc(Cl)ccc5n4)C[C@@H]3OC2)c1. The largest absolute Gasteiger partial charge is 0.378 e.